The van der Waals surface area contributed by atoms with E-state index in [1.165, 1.54) is 5.57 Å². The van der Waals surface area contributed by atoms with Crippen molar-refractivity contribution in [2.45, 2.75) is 374 Å². The number of esters is 1. The number of amides is 1. The molecule has 13 nitrogen and oxygen atoms in total. The Hall–Kier alpha value is -1.78. The number of methoxy groups -OCH3 is 3. The third-order valence-corrected chi connectivity index (χ3v) is 43.7. The summed E-state index contributed by atoms with van der Waals surface area (Å²) in [6.45, 7) is 72.4. The number of carbonyl (C=O) groups is 3. The second-order valence-corrected chi connectivity index (χ2v) is 55.2. The van der Waals surface area contributed by atoms with Gasteiger partial charge in [0.15, 0.2) is 16.6 Å². The SMILES string of the molecule is C=CC[C@H](/C=C(\C)C[C@H](C)C[C@H](OC)[C@@H](O[Si](C)(C)C(C)(C)C)[C@H](C[C@@H](C)C=O)OC)[C@@H](C[C@H](O[Si](C)(C)C(C)(C)C)[C@@H](C)[C@H](OC(=O)[C@@H]1CCCN1C(=O)OC(C)(C)C)/C(C)=C/C1CC[C@@H](O[Si](C(C)C)(C(C)C)C(C)C)[C@H](OC)C1)O[Si](C(C)C)(C(C)C)C(C)C. The number of nitrogens with zero attached hydrogens (tertiary/aromatic N) is 1. The molecule has 14 atom stereocenters. The molecule has 1 saturated heterocycles. The Kier molecular flexibility index (Phi) is 34.8. The summed E-state index contributed by atoms with van der Waals surface area (Å²) in [5.41, 5.74) is 3.76. The van der Waals surface area contributed by atoms with Crippen molar-refractivity contribution in [1.29, 1.82) is 0 Å². The number of likely N-dealkylation sites (tertiary alicyclic amines) is 1. The second kappa shape index (κ2) is 37.1. The van der Waals surface area contributed by atoms with Crippen molar-refractivity contribution in [2.75, 3.05) is 27.9 Å². The number of allylic oxidation sites excluding steroid dienone is 3. The molecule has 0 aromatic rings. The Morgan fingerprint density at radius 2 is 1.13 bits per heavy atom. The highest BCUT2D eigenvalue weighted by Gasteiger charge is 2.52. The lowest BCUT2D eigenvalue weighted by Gasteiger charge is -2.48. The van der Waals surface area contributed by atoms with Crippen molar-refractivity contribution in [3.63, 3.8) is 0 Å². The maximum atomic E-state index is 15.3. The minimum Gasteiger partial charge on any atom is -0.456 e. The van der Waals surface area contributed by atoms with Crippen molar-refractivity contribution < 1.29 is 55.8 Å². The number of aldehydes is 1. The standard InChI is InChI=1S/C76H147NO12Si4/c1-35-37-62(43-56(14)42-57(15)44-68(82-29)71(69(83-30)45-58(16)49-78)89-91(33,34)76(25,26)27)66(88-93(53(8)9,54(10)11)55(12)13)48-65(86-90(31,32)75(22,23)24)60(18)70(84-72(79)63-38-36-41-77(63)73(80)85-74(19,20)21)59(17)46-61-39-40-64(67(47-61)81-28)87-92(50(2)3,51(4)5)52(6)7/h35,43,46,49-55,57-58,60-71H,1,36-42,44-45,47-48H2,2-34H3/b56-43+,59-46+/t57-,58+,60+,61?,62+,63-,64+,65-,66+,67+,68-,69-,70+,71+/m0/s1. The Morgan fingerprint density at radius 1 is 0.624 bits per heavy atom. The lowest BCUT2D eigenvalue weighted by molar-refractivity contribution is -0.156. The minimum absolute atomic E-state index is 0.00585. The number of carbonyl (C=O) groups excluding carboxylic acids is 3. The maximum Gasteiger partial charge on any atom is 0.411 e. The molecule has 2 rings (SSSR count). The Balaban J connectivity index is 3.08. The number of hydrogen-bond donors (Lipinski definition) is 0. The van der Waals surface area contributed by atoms with Crippen LogP contribution in [-0.4, -0.2) is 145 Å². The molecule has 1 unspecified atom stereocenters. The van der Waals surface area contributed by atoms with E-state index in [4.69, 9.17) is 41.4 Å². The first kappa shape index (κ1) is 87.3. The quantitative estimate of drug-likeness (QED) is 0.0252. The molecule has 0 N–H and O–H groups in total. The molecule has 0 aromatic carbocycles. The predicted molar refractivity (Wildman–Crippen MR) is 399 cm³/mol. The largest absolute Gasteiger partial charge is 0.456 e. The van der Waals surface area contributed by atoms with Gasteiger partial charge in [0.1, 0.15) is 24.0 Å². The summed E-state index contributed by atoms with van der Waals surface area (Å²) in [5, 5.41) is -0.207. The van der Waals surface area contributed by atoms with Crippen molar-refractivity contribution in [3.8, 4) is 0 Å². The zero-order valence-corrected chi connectivity index (χ0v) is 70.2. The highest BCUT2D eigenvalue weighted by molar-refractivity contribution is 6.78. The fourth-order valence-electron chi connectivity index (χ4n) is 15.5. The summed E-state index contributed by atoms with van der Waals surface area (Å²) in [7, 11) is -4.40. The van der Waals surface area contributed by atoms with Gasteiger partial charge in [-0.2, -0.15) is 0 Å². The van der Waals surface area contributed by atoms with Gasteiger partial charge in [-0.25, -0.2) is 9.59 Å². The molecule has 0 bridgehead atoms. The van der Waals surface area contributed by atoms with E-state index in [1.54, 1.807) is 19.1 Å². The molecule has 93 heavy (non-hydrogen) atoms. The van der Waals surface area contributed by atoms with Gasteiger partial charge >= 0.3 is 12.1 Å². The first-order valence-electron chi connectivity index (χ1n) is 36.5. The van der Waals surface area contributed by atoms with Crippen molar-refractivity contribution >= 4 is 51.6 Å². The molecule has 0 aromatic heterocycles. The van der Waals surface area contributed by atoms with E-state index in [2.05, 4.69) is 203 Å². The van der Waals surface area contributed by atoms with Crippen molar-refractivity contribution in [3.05, 3.63) is 36.0 Å². The Morgan fingerprint density at radius 3 is 1.58 bits per heavy atom. The number of hydrogen-bond acceptors (Lipinski definition) is 12. The van der Waals surface area contributed by atoms with Crippen LogP contribution in [0.1, 0.15) is 244 Å². The van der Waals surface area contributed by atoms with Crippen LogP contribution in [0.15, 0.2) is 36.0 Å². The van der Waals surface area contributed by atoms with Crippen LogP contribution in [0.25, 0.3) is 0 Å². The monoisotopic (exact) mass is 1380 g/mol. The summed E-state index contributed by atoms with van der Waals surface area (Å²) in [5.74, 6) is -0.706. The van der Waals surface area contributed by atoms with E-state index in [-0.39, 0.29) is 76.3 Å². The molecule has 1 saturated carbocycles. The first-order chi connectivity index (χ1) is 42.6. The van der Waals surface area contributed by atoms with Gasteiger partial charge in [0, 0.05) is 45.6 Å². The van der Waals surface area contributed by atoms with E-state index < -0.39 is 69.2 Å². The van der Waals surface area contributed by atoms with Gasteiger partial charge in [-0.1, -0.05) is 169 Å². The van der Waals surface area contributed by atoms with Crippen LogP contribution in [0.4, 0.5) is 4.79 Å². The lowest BCUT2D eigenvalue weighted by Crippen LogP contribution is -2.54. The molecule has 1 aliphatic heterocycles. The van der Waals surface area contributed by atoms with Gasteiger partial charge in [-0.3, -0.25) is 4.90 Å². The van der Waals surface area contributed by atoms with Crippen LogP contribution in [0, 0.1) is 29.6 Å². The predicted octanol–water partition coefficient (Wildman–Crippen LogP) is 20.8. The molecule has 544 valence electrons. The topological polar surface area (TPSA) is 138 Å². The zero-order valence-electron chi connectivity index (χ0n) is 66.2. The normalized spacial score (nSPS) is 22.3. The number of rotatable bonds is 38. The molecule has 0 spiro atoms. The van der Waals surface area contributed by atoms with Crippen LogP contribution < -0.4 is 0 Å². The van der Waals surface area contributed by atoms with E-state index in [0.29, 0.717) is 71.9 Å². The van der Waals surface area contributed by atoms with Crippen LogP contribution in [0.3, 0.4) is 0 Å². The highest BCUT2D eigenvalue weighted by Crippen LogP contribution is 2.49. The Bertz CT molecular complexity index is 2290. The van der Waals surface area contributed by atoms with Crippen molar-refractivity contribution in [2.24, 2.45) is 29.6 Å². The molecular formula is C76H147NO12Si4. The molecule has 0 radical (unpaired) electrons. The fourth-order valence-corrected chi connectivity index (χ4v) is 29.5. The van der Waals surface area contributed by atoms with Crippen LogP contribution >= 0.6 is 0 Å². The van der Waals surface area contributed by atoms with Crippen molar-refractivity contribution in [1.82, 2.24) is 4.90 Å². The van der Waals surface area contributed by atoms with Gasteiger partial charge < -0.3 is 46.2 Å². The molecule has 1 aliphatic carbocycles. The molecule has 1 amide bonds. The summed E-state index contributed by atoms with van der Waals surface area (Å²) in [6, 6.07) is -0.791. The summed E-state index contributed by atoms with van der Waals surface area (Å²) >= 11 is 0. The van der Waals surface area contributed by atoms with E-state index >= 15 is 4.79 Å². The van der Waals surface area contributed by atoms with Crippen LogP contribution in [0.5, 0.6) is 0 Å². The average molecular weight is 1380 g/mol. The summed E-state index contributed by atoms with van der Waals surface area (Å²) in [6.07, 6.45) is 12.0. The molecular weight excluding hydrogens is 1230 g/mol. The van der Waals surface area contributed by atoms with Crippen LogP contribution in [-0.2, 0) is 51.0 Å². The minimum atomic E-state index is -2.61. The second-order valence-electron chi connectivity index (χ2n) is 34.9. The molecule has 2 fully saturated rings. The first-order valence-corrected chi connectivity index (χ1v) is 46.6. The molecule has 17 heteroatoms. The number of ether oxygens (including phenoxy) is 5. The smallest absolute Gasteiger partial charge is 0.411 e. The van der Waals surface area contributed by atoms with Gasteiger partial charge in [0.05, 0.1) is 42.7 Å². The van der Waals surface area contributed by atoms with E-state index in [9.17, 15) is 9.59 Å². The highest BCUT2D eigenvalue weighted by atomic mass is 28.4. The average Bonchev–Trinajstić information content (AvgIpc) is 1.25. The van der Waals surface area contributed by atoms with Gasteiger partial charge in [0.2, 0.25) is 16.6 Å². The summed E-state index contributed by atoms with van der Waals surface area (Å²) < 4.78 is 63.0. The molecule has 1 heterocycles. The zero-order chi connectivity index (χ0) is 71.9. The lowest BCUT2D eigenvalue weighted by atomic mass is 9.81. The summed E-state index contributed by atoms with van der Waals surface area (Å²) in [4.78, 5) is 42.9. The van der Waals surface area contributed by atoms with Gasteiger partial charge in [0.25, 0.3) is 0 Å². The maximum absolute atomic E-state index is 15.3. The van der Waals surface area contributed by atoms with Gasteiger partial charge in [-0.15, -0.1) is 6.58 Å². The van der Waals surface area contributed by atoms with Gasteiger partial charge in [-0.05, 0) is 186 Å². The fraction of sp³-hybridized carbons (Fsp3) is 0.882. The Labute approximate surface area is 576 Å². The third-order valence-electron chi connectivity index (χ3n) is 22.5. The molecule has 2 aliphatic rings. The third kappa shape index (κ3) is 23.9. The van der Waals surface area contributed by atoms with E-state index in [0.717, 1.165) is 44.0 Å². The van der Waals surface area contributed by atoms with E-state index in [1.807, 2.05) is 34.8 Å². The van der Waals surface area contributed by atoms with Crippen LogP contribution in [0.2, 0.25) is 69.5 Å².